The van der Waals surface area contributed by atoms with Crippen LogP contribution in [0.4, 0.5) is 0 Å². The van der Waals surface area contributed by atoms with Crippen LogP contribution in [0.1, 0.15) is 12.8 Å². The van der Waals surface area contributed by atoms with Crippen molar-refractivity contribution < 1.29 is 9.47 Å². The van der Waals surface area contributed by atoms with Crippen molar-refractivity contribution in [1.29, 1.82) is 0 Å². The molecule has 0 spiro atoms. The summed E-state index contributed by atoms with van der Waals surface area (Å²) < 4.78 is 12.7. The first-order valence-electron chi connectivity index (χ1n) is 6.18. The van der Waals surface area contributed by atoms with Crippen LogP contribution in [0, 0.1) is 5.92 Å². The first-order chi connectivity index (χ1) is 8.40. The predicted molar refractivity (Wildman–Crippen MR) is 71.0 cm³/mol. The molecule has 1 heterocycles. The molecule has 3 heteroatoms. The Hall–Kier alpha value is -0.341. The van der Waals surface area contributed by atoms with Crippen molar-refractivity contribution in [3.63, 3.8) is 0 Å². The second-order valence-corrected chi connectivity index (χ2v) is 6.69. The van der Waals surface area contributed by atoms with Gasteiger partial charge >= 0.3 is 110 Å². The Bertz CT molecular complexity index is 313. The van der Waals surface area contributed by atoms with Crippen LogP contribution in [0.15, 0.2) is 30.3 Å². The number of methoxy groups -OCH3 is 1. The fraction of sp³-hybridized carbons (Fsp3) is 0.571. The minimum absolute atomic E-state index is 0.406. The molecule has 1 aliphatic heterocycles. The van der Waals surface area contributed by atoms with Crippen molar-refractivity contribution in [2.75, 3.05) is 20.3 Å². The summed E-state index contributed by atoms with van der Waals surface area (Å²) >= 11 is 0.523. The van der Waals surface area contributed by atoms with Crippen LogP contribution in [0.2, 0.25) is 5.32 Å². The van der Waals surface area contributed by atoms with Crippen LogP contribution in [0.3, 0.4) is 0 Å². The maximum absolute atomic E-state index is 5.90. The molecule has 0 amide bonds. The minimum atomic E-state index is 0.406. The third kappa shape index (κ3) is 4.11. The van der Waals surface area contributed by atoms with Crippen molar-refractivity contribution in [2.45, 2.75) is 24.3 Å². The van der Waals surface area contributed by atoms with E-state index >= 15 is 0 Å². The zero-order valence-corrected chi connectivity index (χ0v) is 12.0. The molecule has 0 unspecified atom stereocenters. The van der Waals surface area contributed by atoms with E-state index in [0.29, 0.717) is 27.0 Å². The van der Waals surface area contributed by atoms with Gasteiger partial charge in [-0.3, -0.25) is 0 Å². The average Bonchev–Trinajstić information content (AvgIpc) is 2.39. The molecule has 1 saturated heterocycles. The number of ether oxygens (including phenoxy) is 2. The fourth-order valence-electron chi connectivity index (χ4n) is 2.19. The molecule has 0 radical (unpaired) electrons. The third-order valence-corrected chi connectivity index (χ3v) is 5.42. The Balaban J connectivity index is 1.84. The van der Waals surface area contributed by atoms with Gasteiger partial charge in [-0.1, -0.05) is 0 Å². The normalized spacial score (nSPS) is 24.8. The summed E-state index contributed by atoms with van der Waals surface area (Å²) in [5, 5.41) is 1.17. The summed E-state index contributed by atoms with van der Waals surface area (Å²) in [5.41, 5.74) is 0. The summed E-state index contributed by atoms with van der Waals surface area (Å²) in [5.74, 6) is 0.597. The third-order valence-electron chi connectivity index (χ3n) is 3.12. The van der Waals surface area contributed by atoms with Gasteiger partial charge in [0.15, 0.2) is 0 Å². The van der Waals surface area contributed by atoms with Gasteiger partial charge in [0.25, 0.3) is 0 Å². The second kappa shape index (κ2) is 7.17. The molecule has 0 aliphatic carbocycles. The molecule has 0 saturated carbocycles. The Morgan fingerprint density at radius 1 is 1.35 bits per heavy atom. The Kier molecular flexibility index (Phi) is 5.53. The van der Waals surface area contributed by atoms with Gasteiger partial charge in [0.05, 0.1) is 0 Å². The predicted octanol–water partition coefficient (Wildman–Crippen LogP) is 1.88. The summed E-state index contributed by atoms with van der Waals surface area (Å²) in [4.78, 5) is 0. The molecule has 2 rings (SSSR count). The summed E-state index contributed by atoms with van der Waals surface area (Å²) in [6, 6.07) is 10.7. The number of benzene rings is 1. The van der Waals surface area contributed by atoms with Gasteiger partial charge in [-0.05, 0) is 0 Å². The second-order valence-electron chi connectivity index (χ2n) is 4.39. The molecule has 2 atom stereocenters. The van der Waals surface area contributed by atoms with Crippen LogP contribution in [0.5, 0.6) is 0 Å². The Labute approximate surface area is 110 Å². The molecule has 0 aromatic heterocycles. The van der Waals surface area contributed by atoms with Crippen LogP contribution in [-0.2, 0) is 9.47 Å². The molecule has 1 aromatic carbocycles. The van der Waals surface area contributed by atoms with Crippen molar-refractivity contribution >= 4 is 19.4 Å². The van der Waals surface area contributed by atoms with E-state index in [9.17, 15) is 0 Å². The first-order valence-corrected chi connectivity index (χ1v) is 8.25. The number of hydrogen-bond donors (Lipinski definition) is 0. The van der Waals surface area contributed by atoms with E-state index in [1.807, 2.05) is 0 Å². The average molecular weight is 299 g/mol. The van der Waals surface area contributed by atoms with E-state index in [2.05, 4.69) is 30.3 Å². The molecule has 94 valence electrons. The van der Waals surface area contributed by atoms with E-state index in [4.69, 9.17) is 9.47 Å². The van der Waals surface area contributed by atoms with Gasteiger partial charge in [0.2, 0.25) is 0 Å². The Morgan fingerprint density at radius 3 is 2.94 bits per heavy atom. The van der Waals surface area contributed by atoms with Crippen molar-refractivity contribution in [2.24, 2.45) is 5.92 Å². The molecule has 1 aromatic rings. The van der Waals surface area contributed by atoms with Crippen LogP contribution >= 0.6 is 0 Å². The standard InChI is InChI=1S/C14H20O2Se/c1-15-10-12-6-5-9-16-14(12)11-17-13-7-3-2-4-8-13/h2-4,7-8,12,14H,5-6,9-11H2,1H3/t12-,14-/m0/s1. The van der Waals surface area contributed by atoms with Gasteiger partial charge in [-0.2, -0.15) is 0 Å². The van der Waals surface area contributed by atoms with Crippen LogP contribution < -0.4 is 4.46 Å². The topological polar surface area (TPSA) is 18.5 Å². The molecule has 17 heavy (non-hydrogen) atoms. The number of hydrogen-bond acceptors (Lipinski definition) is 2. The molecule has 0 N–H and O–H groups in total. The first kappa shape index (κ1) is 13.1. The van der Waals surface area contributed by atoms with Gasteiger partial charge < -0.3 is 0 Å². The maximum atomic E-state index is 5.90. The molecule has 1 aliphatic rings. The van der Waals surface area contributed by atoms with E-state index in [1.165, 1.54) is 22.6 Å². The van der Waals surface area contributed by atoms with Gasteiger partial charge in [0, 0.05) is 0 Å². The SMILES string of the molecule is COC[C@@H]1CCCO[C@H]1C[Se]c1ccccc1. The van der Waals surface area contributed by atoms with Gasteiger partial charge in [0.1, 0.15) is 0 Å². The van der Waals surface area contributed by atoms with Crippen molar-refractivity contribution in [1.82, 2.24) is 0 Å². The van der Waals surface area contributed by atoms with Crippen molar-refractivity contribution in [3.8, 4) is 0 Å². The van der Waals surface area contributed by atoms with Crippen LogP contribution in [-0.4, -0.2) is 41.4 Å². The summed E-state index contributed by atoms with van der Waals surface area (Å²) in [6.07, 6.45) is 2.84. The molecule has 1 fully saturated rings. The van der Waals surface area contributed by atoms with Gasteiger partial charge in [-0.25, -0.2) is 0 Å². The number of rotatable bonds is 5. The molecular formula is C14H20O2Se. The van der Waals surface area contributed by atoms with E-state index < -0.39 is 0 Å². The van der Waals surface area contributed by atoms with E-state index in [-0.39, 0.29) is 0 Å². The summed E-state index contributed by atoms with van der Waals surface area (Å²) in [7, 11) is 1.79. The molecule has 2 nitrogen and oxygen atoms in total. The Morgan fingerprint density at radius 2 is 2.18 bits per heavy atom. The monoisotopic (exact) mass is 300 g/mol. The zero-order chi connectivity index (χ0) is 11.9. The zero-order valence-electron chi connectivity index (χ0n) is 10.3. The molecular weight excluding hydrogens is 279 g/mol. The quantitative estimate of drug-likeness (QED) is 0.773. The van der Waals surface area contributed by atoms with Crippen molar-refractivity contribution in [3.05, 3.63) is 30.3 Å². The fourth-order valence-corrected chi connectivity index (χ4v) is 4.44. The summed E-state index contributed by atoms with van der Waals surface area (Å²) in [6.45, 7) is 1.77. The van der Waals surface area contributed by atoms with Crippen LogP contribution in [0.25, 0.3) is 0 Å². The van der Waals surface area contributed by atoms with E-state index in [1.54, 1.807) is 7.11 Å². The van der Waals surface area contributed by atoms with Gasteiger partial charge in [-0.15, -0.1) is 0 Å². The van der Waals surface area contributed by atoms with E-state index in [0.717, 1.165) is 13.2 Å². The molecule has 0 bridgehead atoms.